The van der Waals surface area contributed by atoms with E-state index in [1.165, 1.54) is 11.3 Å². The third kappa shape index (κ3) is 2.32. The van der Waals surface area contributed by atoms with Gasteiger partial charge in [0.15, 0.2) is 3.95 Å². The smallest absolute Gasteiger partial charge is 0.332 e. The Labute approximate surface area is 121 Å². The lowest BCUT2D eigenvalue weighted by atomic mass is 9.98. The molecular formula is C14H17NO2S2. The third-order valence-electron chi connectivity index (χ3n) is 3.38. The molecule has 102 valence electrons. The van der Waals surface area contributed by atoms with E-state index in [2.05, 4.69) is 0 Å². The van der Waals surface area contributed by atoms with E-state index in [0.717, 1.165) is 10.2 Å². The molecule has 1 aromatic carbocycles. The van der Waals surface area contributed by atoms with Crippen molar-refractivity contribution >= 4 is 39.7 Å². The summed E-state index contributed by atoms with van der Waals surface area (Å²) in [7, 11) is 0. The first-order valence-corrected chi connectivity index (χ1v) is 7.55. The zero-order valence-electron chi connectivity index (χ0n) is 11.3. The number of benzene rings is 1. The second-order valence-electron chi connectivity index (χ2n) is 4.52. The summed E-state index contributed by atoms with van der Waals surface area (Å²) in [4.78, 5) is 12.3. The van der Waals surface area contributed by atoms with Crippen LogP contribution in [-0.2, 0) is 15.1 Å². The van der Waals surface area contributed by atoms with Gasteiger partial charge in [0.2, 0.25) is 0 Å². The van der Waals surface area contributed by atoms with Crippen molar-refractivity contribution in [3.8, 4) is 0 Å². The predicted molar refractivity (Wildman–Crippen MR) is 81.2 cm³/mol. The van der Waals surface area contributed by atoms with E-state index in [0.29, 0.717) is 17.0 Å². The molecule has 0 radical (unpaired) electrons. The number of fused-ring (bicyclic) bond motifs is 1. The van der Waals surface area contributed by atoms with Crippen molar-refractivity contribution < 1.29 is 9.53 Å². The summed E-state index contributed by atoms with van der Waals surface area (Å²) >= 11 is 6.97. The van der Waals surface area contributed by atoms with Gasteiger partial charge in [0.25, 0.3) is 0 Å². The minimum absolute atomic E-state index is 0.225. The molecule has 2 rings (SSSR count). The second kappa shape index (κ2) is 5.43. The molecular weight excluding hydrogens is 278 g/mol. The molecule has 2 aromatic rings. The van der Waals surface area contributed by atoms with Crippen LogP contribution in [0.25, 0.3) is 10.2 Å². The van der Waals surface area contributed by atoms with Gasteiger partial charge >= 0.3 is 5.97 Å². The molecule has 5 heteroatoms. The van der Waals surface area contributed by atoms with Gasteiger partial charge in [-0.25, -0.2) is 4.79 Å². The molecule has 1 aromatic heterocycles. The summed E-state index contributed by atoms with van der Waals surface area (Å²) in [6, 6.07) is 7.95. The molecule has 0 N–H and O–H groups in total. The lowest BCUT2D eigenvalue weighted by Crippen LogP contribution is -2.39. The van der Waals surface area contributed by atoms with Crippen LogP contribution in [0.3, 0.4) is 0 Å². The number of carbonyl (C=O) groups excluding carboxylic acids is 1. The highest BCUT2D eigenvalue weighted by Gasteiger charge is 2.36. The fraction of sp³-hybridized carbons (Fsp3) is 0.429. The second-order valence-corrected chi connectivity index (χ2v) is 6.19. The monoisotopic (exact) mass is 295 g/mol. The Hall–Kier alpha value is -1.20. The first kappa shape index (κ1) is 14.2. The van der Waals surface area contributed by atoms with Crippen molar-refractivity contribution in [1.82, 2.24) is 4.57 Å². The average Bonchev–Trinajstić information content (AvgIpc) is 2.74. The number of aromatic nitrogens is 1. The Kier molecular flexibility index (Phi) is 4.06. The highest BCUT2D eigenvalue weighted by atomic mass is 32.1. The van der Waals surface area contributed by atoms with Crippen molar-refractivity contribution in [2.75, 3.05) is 6.61 Å². The minimum Gasteiger partial charge on any atom is -0.464 e. The van der Waals surface area contributed by atoms with E-state index in [4.69, 9.17) is 17.0 Å². The van der Waals surface area contributed by atoms with Gasteiger partial charge in [0, 0.05) is 0 Å². The van der Waals surface area contributed by atoms with Gasteiger partial charge in [-0.1, -0.05) is 19.1 Å². The van der Waals surface area contributed by atoms with Gasteiger partial charge < -0.3 is 9.30 Å². The number of thiazole rings is 1. The largest absolute Gasteiger partial charge is 0.464 e. The van der Waals surface area contributed by atoms with Crippen LogP contribution in [0.2, 0.25) is 0 Å². The van der Waals surface area contributed by atoms with E-state index in [1.54, 1.807) is 0 Å². The quantitative estimate of drug-likeness (QED) is 0.628. The van der Waals surface area contributed by atoms with Gasteiger partial charge in [-0.05, 0) is 44.6 Å². The van der Waals surface area contributed by atoms with Gasteiger partial charge in [0.1, 0.15) is 5.54 Å². The van der Waals surface area contributed by atoms with Crippen LogP contribution in [-0.4, -0.2) is 17.1 Å². The normalized spacial score (nSPS) is 14.3. The summed E-state index contributed by atoms with van der Waals surface area (Å²) in [6.45, 7) is 6.06. The maximum atomic E-state index is 12.3. The first-order valence-electron chi connectivity index (χ1n) is 6.33. The van der Waals surface area contributed by atoms with Crippen molar-refractivity contribution in [3.63, 3.8) is 0 Å². The van der Waals surface area contributed by atoms with Gasteiger partial charge in [-0.3, -0.25) is 0 Å². The Balaban J connectivity index is 2.67. The highest BCUT2D eigenvalue weighted by molar-refractivity contribution is 7.73. The molecule has 0 saturated carbocycles. The Morgan fingerprint density at radius 3 is 2.74 bits per heavy atom. The molecule has 1 atom stereocenters. The van der Waals surface area contributed by atoms with Crippen molar-refractivity contribution in [2.24, 2.45) is 0 Å². The van der Waals surface area contributed by atoms with E-state index in [9.17, 15) is 4.79 Å². The lowest BCUT2D eigenvalue weighted by Gasteiger charge is -2.28. The fourth-order valence-corrected chi connectivity index (χ4v) is 3.67. The fourth-order valence-electron chi connectivity index (χ4n) is 2.11. The van der Waals surface area contributed by atoms with E-state index in [1.807, 2.05) is 49.6 Å². The molecule has 0 aliphatic rings. The SMILES string of the molecule is CCOC(=O)C(C)(CC)n1c(=S)sc2ccccc21. The summed E-state index contributed by atoms with van der Waals surface area (Å²) in [5.41, 5.74) is 0.252. The summed E-state index contributed by atoms with van der Waals surface area (Å²) < 4.78 is 8.96. The van der Waals surface area contributed by atoms with E-state index < -0.39 is 5.54 Å². The molecule has 1 heterocycles. The molecule has 19 heavy (non-hydrogen) atoms. The zero-order valence-corrected chi connectivity index (χ0v) is 12.9. The molecule has 0 spiro atoms. The van der Waals surface area contributed by atoms with E-state index >= 15 is 0 Å². The molecule has 0 saturated heterocycles. The number of ether oxygens (including phenoxy) is 1. The maximum absolute atomic E-state index is 12.3. The summed E-state index contributed by atoms with van der Waals surface area (Å²) in [5, 5.41) is 0. The number of hydrogen-bond acceptors (Lipinski definition) is 4. The highest BCUT2D eigenvalue weighted by Crippen LogP contribution is 2.32. The molecule has 0 aliphatic carbocycles. The summed E-state index contributed by atoms with van der Waals surface area (Å²) in [6.07, 6.45) is 0.640. The number of nitrogens with zero attached hydrogens (tertiary/aromatic N) is 1. The molecule has 1 unspecified atom stereocenters. The number of hydrogen-bond donors (Lipinski definition) is 0. The van der Waals surface area contributed by atoms with Crippen LogP contribution in [0.15, 0.2) is 24.3 Å². The summed E-state index contributed by atoms with van der Waals surface area (Å²) in [5.74, 6) is -0.225. The van der Waals surface area contributed by atoms with Crippen LogP contribution in [0, 0.1) is 3.95 Å². The van der Waals surface area contributed by atoms with Crippen molar-refractivity contribution in [2.45, 2.75) is 32.7 Å². The molecule has 0 amide bonds. The van der Waals surface area contributed by atoms with Crippen LogP contribution in [0.5, 0.6) is 0 Å². The van der Waals surface area contributed by atoms with Gasteiger partial charge in [-0.2, -0.15) is 0 Å². The third-order valence-corrected chi connectivity index (χ3v) is 4.74. The van der Waals surface area contributed by atoms with Crippen LogP contribution in [0.1, 0.15) is 27.2 Å². The number of rotatable bonds is 4. The van der Waals surface area contributed by atoms with E-state index in [-0.39, 0.29) is 5.97 Å². The maximum Gasteiger partial charge on any atom is 0.332 e. The minimum atomic E-state index is -0.743. The molecule has 3 nitrogen and oxygen atoms in total. The topological polar surface area (TPSA) is 31.2 Å². The van der Waals surface area contributed by atoms with Gasteiger partial charge in [0.05, 0.1) is 16.8 Å². The molecule has 0 aliphatic heterocycles. The Morgan fingerprint density at radius 2 is 2.11 bits per heavy atom. The van der Waals surface area contributed by atoms with Crippen LogP contribution >= 0.6 is 23.6 Å². The molecule has 0 bridgehead atoms. The lowest BCUT2D eigenvalue weighted by molar-refractivity contribution is -0.153. The Bertz CT molecular complexity index is 659. The number of carbonyl (C=O) groups is 1. The number of esters is 1. The van der Waals surface area contributed by atoms with Crippen LogP contribution in [0.4, 0.5) is 0 Å². The van der Waals surface area contributed by atoms with Crippen molar-refractivity contribution in [1.29, 1.82) is 0 Å². The van der Waals surface area contributed by atoms with Crippen molar-refractivity contribution in [3.05, 3.63) is 28.2 Å². The Morgan fingerprint density at radius 1 is 1.42 bits per heavy atom. The number of para-hydroxylation sites is 1. The standard InChI is InChI=1S/C14H17NO2S2/c1-4-14(3,12(16)17-5-2)15-10-8-6-7-9-11(10)19-13(15)18/h6-9H,4-5H2,1-3H3. The molecule has 0 fully saturated rings. The van der Waals surface area contributed by atoms with Gasteiger partial charge in [-0.15, -0.1) is 11.3 Å². The zero-order chi connectivity index (χ0) is 14.0. The first-order chi connectivity index (χ1) is 9.04. The average molecular weight is 295 g/mol. The van der Waals surface area contributed by atoms with Crippen LogP contribution < -0.4 is 0 Å². The predicted octanol–water partition coefficient (Wildman–Crippen LogP) is 4.12.